The standard InChI is InChI=1S/C16H16N2O2/c1-15(2)11-12(16(3,4)14(20)13(15)19)18-10-8-6-5-7-9(10)17-11/h5-8H,1-4H3. The number of ketones is 2. The van der Waals surface area contributed by atoms with Gasteiger partial charge in [-0.3, -0.25) is 9.59 Å². The molecule has 0 radical (unpaired) electrons. The van der Waals surface area contributed by atoms with Gasteiger partial charge in [0.2, 0.25) is 11.6 Å². The molecule has 102 valence electrons. The first-order chi connectivity index (χ1) is 9.26. The lowest BCUT2D eigenvalue weighted by molar-refractivity contribution is -0.143. The Labute approximate surface area is 117 Å². The predicted octanol–water partition coefficient (Wildman–Crippen LogP) is 2.34. The van der Waals surface area contributed by atoms with Crippen molar-refractivity contribution in [3.05, 3.63) is 35.7 Å². The number of fused-ring (bicyclic) bond motifs is 2. The zero-order valence-corrected chi connectivity index (χ0v) is 12.0. The molecule has 0 N–H and O–H groups in total. The second-order valence-corrected chi connectivity index (χ2v) is 6.32. The molecule has 0 saturated heterocycles. The number of hydrogen-bond acceptors (Lipinski definition) is 4. The van der Waals surface area contributed by atoms with Crippen LogP contribution in [-0.4, -0.2) is 21.5 Å². The van der Waals surface area contributed by atoms with Crippen LogP contribution in [0.25, 0.3) is 11.0 Å². The van der Waals surface area contributed by atoms with E-state index < -0.39 is 10.8 Å². The van der Waals surface area contributed by atoms with Crippen LogP contribution in [-0.2, 0) is 20.4 Å². The first-order valence-electron chi connectivity index (χ1n) is 6.63. The summed E-state index contributed by atoms with van der Waals surface area (Å²) in [5, 5.41) is 0. The summed E-state index contributed by atoms with van der Waals surface area (Å²) in [5.41, 5.74) is 0.893. The summed E-state index contributed by atoms with van der Waals surface area (Å²) >= 11 is 0. The minimum Gasteiger partial charge on any atom is -0.290 e. The van der Waals surface area contributed by atoms with Crippen LogP contribution in [0.1, 0.15) is 39.1 Å². The van der Waals surface area contributed by atoms with E-state index in [2.05, 4.69) is 9.97 Å². The zero-order chi connectivity index (χ0) is 14.7. The van der Waals surface area contributed by atoms with Gasteiger partial charge in [0.1, 0.15) is 0 Å². The SMILES string of the molecule is CC1(C)C(=O)C(=O)C(C)(C)c2nc3ccccc3nc21. The molecule has 1 aliphatic rings. The summed E-state index contributed by atoms with van der Waals surface area (Å²) < 4.78 is 0. The van der Waals surface area contributed by atoms with Gasteiger partial charge in [-0.25, -0.2) is 9.97 Å². The van der Waals surface area contributed by atoms with Gasteiger partial charge in [0, 0.05) is 0 Å². The maximum atomic E-state index is 12.3. The molecule has 0 aliphatic heterocycles. The summed E-state index contributed by atoms with van der Waals surface area (Å²) in [6, 6.07) is 7.51. The van der Waals surface area contributed by atoms with Gasteiger partial charge < -0.3 is 0 Å². The topological polar surface area (TPSA) is 59.9 Å². The van der Waals surface area contributed by atoms with E-state index in [4.69, 9.17) is 0 Å². The molecule has 1 heterocycles. The molecule has 0 unspecified atom stereocenters. The second-order valence-electron chi connectivity index (χ2n) is 6.32. The summed E-state index contributed by atoms with van der Waals surface area (Å²) in [5.74, 6) is -0.779. The summed E-state index contributed by atoms with van der Waals surface area (Å²) in [6.45, 7) is 6.96. The fourth-order valence-corrected chi connectivity index (χ4v) is 2.65. The number of para-hydroxylation sites is 2. The Morgan fingerprint density at radius 2 is 1.10 bits per heavy atom. The molecule has 0 bridgehead atoms. The number of hydrogen-bond donors (Lipinski definition) is 0. The van der Waals surface area contributed by atoms with Gasteiger partial charge in [-0.05, 0) is 39.8 Å². The molecular weight excluding hydrogens is 252 g/mol. The first-order valence-corrected chi connectivity index (χ1v) is 6.63. The van der Waals surface area contributed by atoms with Gasteiger partial charge in [0.05, 0.1) is 33.3 Å². The molecular formula is C16H16N2O2. The molecule has 1 aromatic heterocycles. The highest BCUT2D eigenvalue weighted by Gasteiger charge is 2.52. The third-order valence-corrected chi connectivity index (χ3v) is 4.10. The van der Waals surface area contributed by atoms with Crippen molar-refractivity contribution in [1.82, 2.24) is 9.97 Å². The molecule has 4 heteroatoms. The largest absolute Gasteiger partial charge is 0.290 e. The summed E-state index contributed by atoms with van der Waals surface area (Å²) in [4.78, 5) is 33.9. The molecule has 0 amide bonds. The van der Waals surface area contributed by atoms with E-state index >= 15 is 0 Å². The van der Waals surface area contributed by atoms with Gasteiger partial charge >= 0.3 is 0 Å². The van der Waals surface area contributed by atoms with Crippen LogP contribution in [0, 0.1) is 0 Å². The van der Waals surface area contributed by atoms with Crippen LogP contribution in [0.5, 0.6) is 0 Å². The van der Waals surface area contributed by atoms with Crippen molar-refractivity contribution in [2.75, 3.05) is 0 Å². The maximum Gasteiger partial charge on any atom is 0.210 e. The Balaban J connectivity index is 2.44. The van der Waals surface area contributed by atoms with Gasteiger partial charge in [-0.15, -0.1) is 0 Å². The third-order valence-electron chi connectivity index (χ3n) is 4.10. The Hall–Kier alpha value is -2.10. The number of nitrogens with zero attached hydrogens (tertiary/aromatic N) is 2. The van der Waals surface area contributed by atoms with Crippen molar-refractivity contribution in [3.8, 4) is 0 Å². The van der Waals surface area contributed by atoms with Gasteiger partial charge in [0.25, 0.3) is 0 Å². The fraction of sp³-hybridized carbons (Fsp3) is 0.375. The fourth-order valence-electron chi connectivity index (χ4n) is 2.65. The van der Waals surface area contributed by atoms with E-state index in [1.54, 1.807) is 27.7 Å². The smallest absolute Gasteiger partial charge is 0.210 e. The molecule has 1 aromatic carbocycles. The number of carbonyl (C=O) groups is 2. The van der Waals surface area contributed by atoms with Crippen LogP contribution >= 0.6 is 0 Å². The average Bonchev–Trinajstić information content (AvgIpc) is 2.43. The van der Waals surface area contributed by atoms with E-state index in [-0.39, 0.29) is 11.6 Å². The molecule has 3 rings (SSSR count). The van der Waals surface area contributed by atoms with Crippen molar-refractivity contribution in [3.63, 3.8) is 0 Å². The third kappa shape index (κ3) is 1.48. The van der Waals surface area contributed by atoms with E-state index in [1.807, 2.05) is 24.3 Å². The predicted molar refractivity (Wildman–Crippen MR) is 75.6 cm³/mol. The highest BCUT2D eigenvalue weighted by Crippen LogP contribution is 2.40. The Kier molecular flexibility index (Phi) is 2.40. The number of benzene rings is 1. The first kappa shape index (κ1) is 12.9. The van der Waals surface area contributed by atoms with E-state index in [1.165, 1.54) is 0 Å². The van der Waals surface area contributed by atoms with Crippen LogP contribution in [0.4, 0.5) is 0 Å². The van der Waals surface area contributed by atoms with Crippen molar-refractivity contribution in [2.24, 2.45) is 0 Å². The summed E-state index contributed by atoms with van der Waals surface area (Å²) in [6.07, 6.45) is 0. The van der Waals surface area contributed by atoms with Crippen molar-refractivity contribution >= 4 is 22.6 Å². The lowest BCUT2D eigenvalue weighted by Crippen LogP contribution is -2.51. The van der Waals surface area contributed by atoms with Crippen LogP contribution < -0.4 is 0 Å². The Bertz CT molecular complexity index is 696. The zero-order valence-electron chi connectivity index (χ0n) is 12.0. The molecule has 0 fully saturated rings. The molecule has 4 nitrogen and oxygen atoms in total. The molecule has 20 heavy (non-hydrogen) atoms. The van der Waals surface area contributed by atoms with Crippen molar-refractivity contribution in [2.45, 2.75) is 38.5 Å². The molecule has 1 aliphatic carbocycles. The number of carbonyl (C=O) groups excluding carboxylic acids is 2. The molecule has 0 atom stereocenters. The van der Waals surface area contributed by atoms with Crippen LogP contribution in [0.3, 0.4) is 0 Å². The minimum atomic E-state index is -0.918. The lowest BCUT2D eigenvalue weighted by atomic mass is 9.65. The van der Waals surface area contributed by atoms with Crippen molar-refractivity contribution in [1.29, 1.82) is 0 Å². The maximum absolute atomic E-state index is 12.3. The van der Waals surface area contributed by atoms with E-state index in [9.17, 15) is 9.59 Å². The van der Waals surface area contributed by atoms with E-state index in [0.717, 1.165) is 11.0 Å². The monoisotopic (exact) mass is 268 g/mol. The van der Waals surface area contributed by atoms with Crippen LogP contribution in [0.2, 0.25) is 0 Å². The quantitative estimate of drug-likeness (QED) is 0.688. The molecule has 2 aromatic rings. The highest BCUT2D eigenvalue weighted by molar-refractivity contribution is 6.44. The highest BCUT2D eigenvalue weighted by atomic mass is 16.2. The van der Waals surface area contributed by atoms with Crippen molar-refractivity contribution < 1.29 is 9.59 Å². The number of rotatable bonds is 0. The Morgan fingerprint density at radius 1 is 0.750 bits per heavy atom. The van der Waals surface area contributed by atoms with E-state index in [0.29, 0.717) is 11.4 Å². The lowest BCUT2D eigenvalue weighted by Gasteiger charge is -2.36. The number of aromatic nitrogens is 2. The van der Waals surface area contributed by atoms with Gasteiger partial charge in [0.15, 0.2) is 0 Å². The normalized spacial score (nSPS) is 20.0. The average molecular weight is 268 g/mol. The molecule has 0 spiro atoms. The second kappa shape index (κ2) is 3.72. The van der Waals surface area contributed by atoms with Crippen LogP contribution in [0.15, 0.2) is 24.3 Å². The van der Waals surface area contributed by atoms with Gasteiger partial charge in [-0.2, -0.15) is 0 Å². The molecule has 0 saturated carbocycles. The van der Waals surface area contributed by atoms with Gasteiger partial charge in [-0.1, -0.05) is 12.1 Å². The Morgan fingerprint density at radius 3 is 1.45 bits per heavy atom. The number of Topliss-reactive ketones (excluding diaryl/α,β-unsaturated/α-hetero) is 2. The minimum absolute atomic E-state index is 0.389. The summed E-state index contributed by atoms with van der Waals surface area (Å²) in [7, 11) is 0.